The summed E-state index contributed by atoms with van der Waals surface area (Å²) in [5, 5.41) is 3.07. The van der Waals surface area contributed by atoms with Gasteiger partial charge in [0, 0.05) is 30.6 Å². The SMILES string of the molecule is NC(Cc1nccs1)Cn1cnc2ccccc21. The zero-order chi connectivity index (χ0) is 12.4. The van der Waals surface area contributed by atoms with Crippen LogP contribution in [-0.4, -0.2) is 20.6 Å². The van der Waals surface area contributed by atoms with Gasteiger partial charge in [0.25, 0.3) is 0 Å². The van der Waals surface area contributed by atoms with E-state index in [-0.39, 0.29) is 6.04 Å². The molecule has 0 saturated heterocycles. The maximum Gasteiger partial charge on any atom is 0.0958 e. The molecule has 1 aromatic carbocycles. The van der Waals surface area contributed by atoms with Gasteiger partial charge in [-0.1, -0.05) is 12.1 Å². The van der Waals surface area contributed by atoms with Gasteiger partial charge in [0.05, 0.1) is 22.4 Å². The van der Waals surface area contributed by atoms with Crippen LogP contribution < -0.4 is 5.73 Å². The second-order valence-electron chi connectivity index (χ2n) is 4.28. The molecule has 0 amide bonds. The molecule has 1 atom stereocenters. The summed E-state index contributed by atoms with van der Waals surface area (Å²) in [6, 6.07) is 8.16. The van der Waals surface area contributed by atoms with Crippen LogP contribution in [0.15, 0.2) is 42.2 Å². The average molecular weight is 258 g/mol. The minimum atomic E-state index is 0.0637. The van der Waals surface area contributed by atoms with Crippen LogP contribution in [-0.2, 0) is 13.0 Å². The molecule has 1 unspecified atom stereocenters. The topological polar surface area (TPSA) is 56.7 Å². The molecule has 3 aromatic rings. The van der Waals surface area contributed by atoms with E-state index in [1.807, 2.05) is 36.1 Å². The fraction of sp³-hybridized carbons (Fsp3) is 0.231. The summed E-state index contributed by atoms with van der Waals surface area (Å²) >= 11 is 1.65. The number of fused-ring (bicyclic) bond motifs is 1. The molecular formula is C13H14N4S. The molecule has 0 aliphatic rings. The Morgan fingerprint density at radius 2 is 2.17 bits per heavy atom. The molecule has 3 rings (SSSR count). The Bertz CT molecular complexity index is 629. The van der Waals surface area contributed by atoms with E-state index in [4.69, 9.17) is 5.73 Å². The average Bonchev–Trinajstić information content (AvgIpc) is 3.00. The fourth-order valence-electron chi connectivity index (χ4n) is 2.05. The molecule has 5 heteroatoms. The number of nitrogens with zero attached hydrogens (tertiary/aromatic N) is 3. The second kappa shape index (κ2) is 4.88. The Morgan fingerprint density at radius 1 is 1.28 bits per heavy atom. The van der Waals surface area contributed by atoms with Crippen LogP contribution >= 0.6 is 11.3 Å². The molecule has 0 aliphatic heterocycles. The quantitative estimate of drug-likeness (QED) is 0.779. The minimum absolute atomic E-state index is 0.0637. The summed E-state index contributed by atoms with van der Waals surface area (Å²) < 4.78 is 2.10. The second-order valence-corrected chi connectivity index (χ2v) is 5.25. The van der Waals surface area contributed by atoms with Crippen molar-refractivity contribution in [2.75, 3.05) is 0 Å². The predicted octanol–water partition coefficient (Wildman–Crippen LogP) is 2.06. The van der Waals surface area contributed by atoms with Crippen LogP contribution in [0, 0.1) is 0 Å². The number of hydrogen-bond acceptors (Lipinski definition) is 4. The predicted molar refractivity (Wildman–Crippen MR) is 73.5 cm³/mol. The Morgan fingerprint density at radius 3 is 3.00 bits per heavy atom. The molecule has 2 N–H and O–H groups in total. The van der Waals surface area contributed by atoms with Crippen LogP contribution in [0.2, 0.25) is 0 Å². The van der Waals surface area contributed by atoms with Crippen molar-refractivity contribution in [3.05, 3.63) is 47.2 Å². The van der Waals surface area contributed by atoms with Crippen LogP contribution in [0.25, 0.3) is 11.0 Å². The van der Waals surface area contributed by atoms with E-state index in [0.29, 0.717) is 0 Å². The largest absolute Gasteiger partial charge is 0.329 e. The number of rotatable bonds is 4. The minimum Gasteiger partial charge on any atom is -0.329 e. The lowest BCUT2D eigenvalue weighted by Crippen LogP contribution is -2.28. The standard InChI is InChI=1S/C13H14N4S/c14-10(7-13-15-5-6-18-13)8-17-9-16-11-3-1-2-4-12(11)17/h1-6,9-10H,7-8,14H2. The van der Waals surface area contributed by atoms with Crippen molar-refractivity contribution in [3.8, 4) is 0 Å². The van der Waals surface area contributed by atoms with Gasteiger partial charge in [-0.2, -0.15) is 0 Å². The van der Waals surface area contributed by atoms with E-state index < -0.39 is 0 Å². The smallest absolute Gasteiger partial charge is 0.0958 e. The third-order valence-corrected chi connectivity index (χ3v) is 3.68. The molecule has 2 heterocycles. The monoisotopic (exact) mass is 258 g/mol. The number of para-hydroxylation sites is 2. The van der Waals surface area contributed by atoms with Gasteiger partial charge in [0.15, 0.2) is 0 Å². The summed E-state index contributed by atoms with van der Waals surface area (Å²) in [4.78, 5) is 8.62. The van der Waals surface area contributed by atoms with Gasteiger partial charge in [0.1, 0.15) is 0 Å². The molecule has 4 nitrogen and oxygen atoms in total. The first-order valence-electron chi connectivity index (χ1n) is 5.87. The molecule has 18 heavy (non-hydrogen) atoms. The normalized spacial score (nSPS) is 12.9. The molecule has 0 spiro atoms. The molecule has 2 aromatic heterocycles. The molecular weight excluding hydrogens is 244 g/mol. The summed E-state index contributed by atoms with van der Waals surface area (Å²) in [5.41, 5.74) is 8.31. The van der Waals surface area contributed by atoms with Crippen molar-refractivity contribution in [2.24, 2.45) is 5.73 Å². The van der Waals surface area contributed by atoms with Crippen molar-refractivity contribution in [2.45, 2.75) is 19.0 Å². The van der Waals surface area contributed by atoms with E-state index in [1.54, 1.807) is 11.3 Å². The summed E-state index contributed by atoms with van der Waals surface area (Å²) in [6.45, 7) is 0.764. The van der Waals surface area contributed by atoms with Crippen LogP contribution in [0.1, 0.15) is 5.01 Å². The van der Waals surface area contributed by atoms with E-state index in [0.717, 1.165) is 29.0 Å². The van der Waals surface area contributed by atoms with Gasteiger partial charge < -0.3 is 10.3 Å². The number of hydrogen-bond donors (Lipinski definition) is 1. The van der Waals surface area contributed by atoms with Crippen molar-refractivity contribution in [1.29, 1.82) is 0 Å². The van der Waals surface area contributed by atoms with Gasteiger partial charge in [-0.05, 0) is 12.1 Å². The van der Waals surface area contributed by atoms with Gasteiger partial charge in [0.2, 0.25) is 0 Å². The first-order valence-corrected chi connectivity index (χ1v) is 6.75. The molecule has 0 radical (unpaired) electrons. The Kier molecular flexibility index (Phi) is 3.08. The highest BCUT2D eigenvalue weighted by Gasteiger charge is 2.09. The van der Waals surface area contributed by atoms with E-state index >= 15 is 0 Å². The van der Waals surface area contributed by atoms with Gasteiger partial charge in [-0.3, -0.25) is 0 Å². The zero-order valence-corrected chi connectivity index (χ0v) is 10.7. The first-order chi connectivity index (χ1) is 8.83. The van der Waals surface area contributed by atoms with Gasteiger partial charge in [-0.15, -0.1) is 11.3 Å². The van der Waals surface area contributed by atoms with Crippen LogP contribution in [0.3, 0.4) is 0 Å². The van der Waals surface area contributed by atoms with Crippen LogP contribution in [0.4, 0.5) is 0 Å². The lowest BCUT2D eigenvalue weighted by molar-refractivity contribution is 0.558. The third-order valence-electron chi connectivity index (χ3n) is 2.88. The molecule has 0 saturated carbocycles. The molecule has 92 valence electrons. The van der Waals surface area contributed by atoms with E-state index in [1.165, 1.54) is 0 Å². The first kappa shape index (κ1) is 11.4. The van der Waals surface area contributed by atoms with Crippen molar-refractivity contribution in [3.63, 3.8) is 0 Å². The third kappa shape index (κ3) is 2.27. The summed E-state index contributed by atoms with van der Waals surface area (Å²) in [5.74, 6) is 0. The number of thiazole rings is 1. The molecule has 0 bridgehead atoms. The lowest BCUT2D eigenvalue weighted by Gasteiger charge is -2.11. The Hall–Kier alpha value is -1.72. The fourth-order valence-corrected chi connectivity index (χ4v) is 2.76. The molecule has 0 fully saturated rings. The summed E-state index contributed by atoms with van der Waals surface area (Å²) in [6.07, 6.45) is 4.48. The lowest BCUT2D eigenvalue weighted by atomic mass is 10.2. The zero-order valence-electron chi connectivity index (χ0n) is 9.86. The van der Waals surface area contributed by atoms with Crippen molar-refractivity contribution in [1.82, 2.24) is 14.5 Å². The van der Waals surface area contributed by atoms with Gasteiger partial charge in [-0.25, -0.2) is 9.97 Å². The van der Waals surface area contributed by atoms with Gasteiger partial charge >= 0.3 is 0 Å². The van der Waals surface area contributed by atoms with E-state index in [2.05, 4.69) is 20.6 Å². The number of nitrogens with two attached hydrogens (primary N) is 1. The number of aromatic nitrogens is 3. The number of imidazole rings is 1. The summed E-state index contributed by atoms with van der Waals surface area (Å²) in [7, 11) is 0. The number of benzene rings is 1. The maximum atomic E-state index is 6.17. The molecule has 0 aliphatic carbocycles. The Balaban J connectivity index is 1.76. The van der Waals surface area contributed by atoms with Crippen molar-refractivity contribution < 1.29 is 0 Å². The van der Waals surface area contributed by atoms with Crippen LogP contribution in [0.5, 0.6) is 0 Å². The highest BCUT2D eigenvalue weighted by molar-refractivity contribution is 7.09. The maximum absolute atomic E-state index is 6.17. The highest BCUT2D eigenvalue weighted by Crippen LogP contribution is 2.13. The highest BCUT2D eigenvalue weighted by atomic mass is 32.1. The Labute approximate surface area is 109 Å². The van der Waals surface area contributed by atoms with E-state index in [9.17, 15) is 0 Å². The van der Waals surface area contributed by atoms with Crippen molar-refractivity contribution >= 4 is 22.4 Å².